The van der Waals surface area contributed by atoms with Gasteiger partial charge < -0.3 is 29.5 Å². The second kappa shape index (κ2) is 13.8. The number of amides is 1. The van der Waals surface area contributed by atoms with Crippen molar-refractivity contribution in [2.24, 2.45) is 16.8 Å². The van der Waals surface area contributed by atoms with Gasteiger partial charge in [0.05, 0.1) is 13.2 Å². The molecule has 0 aromatic heterocycles. The topological polar surface area (TPSA) is 69.6 Å². The monoisotopic (exact) mass is 425 g/mol. The first-order valence-corrected chi connectivity index (χ1v) is 11.5. The van der Waals surface area contributed by atoms with Crippen molar-refractivity contribution in [1.82, 2.24) is 20.0 Å². The number of guanidine groups is 1. The number of rotatable bonds is 11. The standard InChI is InChI=1S/C22H43N5O3/c1-25(2)21(28)17-24-22(23-16-20-9-14-30-18-20)27-11-7-19(8-12-27)6-5-10-26(3)13-15-29-4/h19-20H,5-18H2,1-4H3,(H,23,24). The molecular formula is C22H43N5O3. The molecule has 1 N–H and O–H groups in total. The first kappa shape index (κ1) is 24.9. The smallest absolute Gasteiger partial charge is 0.243 e. The maximum atomic E-state index is 12.0. The van der Waals surface area contributed by atoms with Crippen LogP contribution >= 0.6 is 0 Å². The van der Waals surface area contributed by atoms with E-state index in [2.05, 4.69) is 27.2 Å². The van der Waals surface area contributed by atoms with Crippen LogP contribution < -0.4 is 5.32 Å². The van der Waals surface area contributed by atoms with Crippen molar-refractivity contribution >= 4 is 11.9 Å². The van der Waals surface area contributed by atoms with Crippen molar-refractivity contribution in [3.63, 3.8) is 0 Å². The fourth-order valence-corrected chi connectivity index (χ4v) is 3.97. The highest BCUT2D eigenvalue weighted by Gasteiger charge is 2.23. The van der Waals surface area contributed by atoms with Crippen LogP contribution in [0.5, 0.6) is 0 Å². The van der Waals surface area contributed by atoms with E-state index in [0.717, 1.165) is 70.8 Å². The van der Waals surface area contributed by atoms with Gasteiger partial charge in [-0.3, -0.25) is 4.79 Å². The van der Waals surface area contributed by atoms with Crippen LogP contribution in [0.25, 0.3) is 0 Å². The van der Waals surface area contributed by atoms with E-state index in [1.807, 2.05) is 0 Å². The van der Waals surface area contributed by atoms with E-state index >= 15 is 0 Å². The molecule has 0 aromatic carbocycles. The first-order valence-electron chi connectivity index (χ1n) is 11.5. The average Bonchev–Trinajstić information content (AvgIpc) is 3.26. The van der Waals surface area contributed by atoms with Crippen LogP contribution in [0.4, 0.5) is 0 Å². The molecule has 1 unspecified atom stereocenters. The van der Waals surface area contributed by atoms with Crippen LogP contribution in [0, 0.1) is 11.8 Å². The van der Waals surface area contributed by atoms with Crippen molar-refractivity contribution in [2.45, 2.75) is 32.1 Å². The Hall–Kier alpha value is -1.38. The van der Waals surface area contributed by atoms with Gasteiger partial charge in [-0.25, -0.2) is 4.99 Å². The number of hydrogen-bond acceptors (Lipinski definition) is 5. The Morgan fingerprint density at radius 1 is 1.17 bits per heavy atom. The number of likely N-dealkylation sites (N-methyl/N-ethyl adjacent to an activating group) is 2. The van der Waals surface area contributed by atoms with Crippen molar-refractivity contribution in [3.8, 4) is 0 Å². The summed E-state index contributed by atoms with van der Waals surface area (Å²) >= 11 is 0. The summed E-state index contributed by atoms with van der Waals surface area (Å²) in [4.78, 5) is 23.0. The van der Waals surface area contributed by atoms with Crippen LogP contribution in [0.3, 0.4) is 0 Å². The number of nitrogens with one attached hydrogen (secondary N) is 1. The highest BCUT2D eigenvalue weighted by molar-refractivity contribution is 5.84. The molecule has 0 bridgehead atoms. The van der Waals surface area contributed by atoms with Crippen molar-refractivity contribution in [2.75, 3.05) is 87.3 Å². The minimum Gasteiger partial charge on any atom is -0.383 e. The van der Waals surface area contributed by atoms with Gasteiger partial charge in [0.15, 0.2) is 5.96 Å². The van der Waals surface area contributed by atoms with E-state index in [-0.39, 0.29) is 12.5 Å². The predicted octanol–water partition coefficient (Wildman–Crippen LogP) is 1.13. The number of aliphatic imine (C=N–C) groups is 1. The molecular weight excluding hydrogens is 382 g/mol. The number of hydrogen-bond donors (Lipinski definition) is 1. The van der Waals surface area contributed by atoms with Crippen molar-refractivity contribution in [3.05, 3.63) is 0 Å². The van der Waals surface area contributed by atoms with Gasteiger partial charge in [0.2, 0.25) is 5.91 Å². The lowest BCUT2D eigenvalue weighted by atomic mass is 9.92. The normalized spacial score (nSPS) is 20.8. The van der Waals surface area contributed by atoms with E-state index < -0.39 is 0 Å². The molecule has 2 fully saturated rings. The third-order valence-corrected chi connectivity index (χ3v) is 6.18. The highest BCUT2D eigenvalue weighted by Crippen LogP contribution is 2.22. The van der Waals surface area contributed by atoms with Crippen LogP contribution in [0.2, 0.25) is 0 Å². The zero-order valence-corrected chi connectivity index (χ0v) is 19.6. The SMILES string of the molecule is COCCN(C)CCCC1CCN(C(=NCC(=O)N(C)C)NCC2CCOC2)CC1. The summed E-state index contributed by atoms with van der Waals surface area (Å²) < 4.78 is 10.6. The van der Waals surface area contributed by atoms with Crippen molar-refractivity contribution in [1.29, 1.82) is 0 Å². The Morgan fingerprint density at radius 3 is 2.57 bits per heavy atom. The Kier molecular flexibility index (Phi) is 11.5. The molecule has 2 saturated heterocycles. The van der Waals surface area contributed by atoms with Crippen LogP contribution in [0.15, 0.2) is 4.99 Å². The molecule has 2 rings (SSSR count). The van der Waals surface area contributed by atoms with E-state index in [1.165, 1.54) is 25.7 Å². The van der Waals surface area contributed by atoms with Gasteiger partial charge >= 0.3 is 0 Å². The first-order chi connectivity index (χ1) is 14.5. The molecule has 8 heteroatoms. The molecule has 0 aromatic rings. The third kappa shape index (κ3) is 9.18. The van der Waals surface area contributed by atoms with E-state index in [1.54, 1.807) is 26.1 Å². The minimum absolute atomic E-state index is 0.0333. The number of nitrogens with zero attached hydrogens (tertiary/aromatic N) is 4. The Morgan fingerprint density at radius 2 is 1.93 bits per heavy atom. The van der Waals surface area contributed by atoms with Gasteiger partial charge in [0.1, 0.15) is 6.54 Å². The molecule has 0 spiro atoms. The second-order valence-electron chi connectivity index (χ2n) is 8.91. The van der Waals surface area contributed by atoms with Gasteiger partial charge in [0.25, 0.3) is 0 Å². The molecule has 2 aliphatic rings. The molecule has 0 aliphatic carbocycles. The minimum atomic E-state index is 0.0333. The number of carbonyl (C=O) groups excluding carboxylic acids is 1. The molecule has 8 nitrogen and oxygen atoms in total. The zero-order valence-electron chi connectivity index (χ0n) is 19.6. The van der Waals surface area contributed by atoms with Gasteiger partial charge in [-0.1, -0.05) is 0 Å². The van der Waals surface area contributed by atoms with E-state index in [9.17, 15) is 4.79 Å². The molecule has 1 atom stereocenters. The summed E-state index contributed by atoms with van der Waals surface area (Å²) in [5, 5.41) is 3.52. The predicted molar refractivity (Wildman–Crippen MR) is 121 cm³/mol. The van der Waals surface area contributed by atoms with Gasteiger partial charge in [-0.05, 0) is 51.6 Å². The van der Waals surface area contributed by atoms with Crippen LogP contribution in [-0.2, 0) is 14.3 Å². The van der Waals surface area contributed by atoms with Crippen LogP contribution in [0.1, 0.15) is 32.1 Å². The number of methoxy groups -OCH3 is 1. The summed E-state index contributed by atoms with van der Waals surface area (Å²) in [5.74, 6) is 2.23. The summed E-state index contributed by atoms with van der Waals surface area (Å²) in [6.45, 7) is 7.68. The summed E-state index contributed by atoms with van der Waals surface area (Å²) in [6, 6.07) is 0. The quantitative estimate of drug-likeness (QED) is 0.395. The number of carbonyl (C=O) groups is 1. The van der Waals surface area contributed by atoms with E-state index in [0.29, 0.717) is 5.92 Å². The zero-order chi connectivity index (χ0) is 21.8. The van der Waals surface area contributed by atoms with Crippen LogP contribution in [-0.4, -0.2) is 114 Å². The Labute approximate surface area is 183 Å². The molecule has 0 saturated carbocycles. The fourth-order valence-electron chi connectivity index (χ4n) is 3.97. The second-order valence-corrected chi connectivity index (χ2v) is 8.91. The Balaban J connectivity index is 1.77. The average molecular weight is 426 g/mol. The molecule has 2 heterocycles. The molecule has 0 radical (unpaired) electrons. The van der Waals surface area contributed by atoms with E-state index in [4.69, 9.17) is 9.47 Å². The molecule has 2 aliphatic heterocycles. The molecule has 174 valence electrons. The third-order valence-electron chi connectivity index (χ3n) is 6.18. The number of piperidine rings is 1. The molecule has 1 amide bonds. The van der Waals surface area contributed by atoms with Gasteiger partial charge in [0, 0.05) is 59.9 Å². The van der Waals surface area contributed by atoms with Gasteiger partial charge in [-0.2, -0.15) is 0 Å². The highest BCUT2D eigenvalue weighted by atomic mass is 16.5. The summed E-state index contributed by atoms with van der Waals surface area (Å²) in [6.07, 6.45) is 6.00. The lowest BCUT2D eigenvalue weighted by Crippen LogP contribution is -2.47. The van der Waals surface area contributed by atoms with Crippen molar-refractivity contribution < 1.29 is 14.3 Å². The number of ether oxygens (including phenoxy) is 2. The summed E-state index contributed by atoms with van der Waals surface area (Å²) in [5.41, 5.74) is 0. The Bertz CT molecular complexity index is 515. The molecule has 30 heavy (non-hydrogen) atoms. The summed E-state index contributed by atoms with van der Waals surface area (Å²) in [7, 11) is 7.48. The van der Waals surface area contributed by atoms with Gasteiger partial charge in [-0.15, -0.1) is 0 Å². The number of likely N-dealkylation sites (tertiary alicyclic amines) is 1. The lowest BCUT2D eigenvalue weighted by molar-refractivity contribution is -0.127. The fraction of sp³-hybridized carbons (Fsp3) is 0.909. The largest absolute Gasteiger partial charge is 0.383 e. The lowest BCUT2D eigenvalue weighted by Gasteiger charge is -2.35. The maximum absolute atomic E-state index is 12.0. The maximum Gasteiger partial charge on any atom is 0.243 e.